The fraction of sp³-hybridized carbons (Fsp3) is 0.200. The summed E-state index contributed by atoms with van der Waals surface area (Å²) in [6.45, 7) is 1.59. The van der Waals surface area contributed by atoms with Gasteiger partial charge >= 0.3 is 0 Å². The van der Waals surface area contributed by atoms with Crippen LogP contribution < -0.4 is 5.43 Å². The van der Waals surface area contributed by atoms with Crippen LogP contribution >= 0.6 is 0 Å². The van der Waals surface area contributed by atoms with Gasteiger partial charge in [0.2, 0.25) is 5.91 Å². The number of Topliss-reactive ketones (excluding diaryl/α,β-unsaturated/α-hetero) is 2. The number of carbonyl (C=O) groups is 3. The fourth-order valence-corrected chi connectivity index (χ4v) is 2.90. The molecule has 1 aliphatic rings. The normalized spacial score (nSPS) is 14.5. The monoisotopic (exact) mass is 334 g/mol. The molecule has 1 N–H and O–H groups in total. The van der Waals surface area contributed by atoms with Gasteiger partial charge in [0.15, 0.2) is 11.6 Å². The number of aryl methyl sites for hydroxylation is 1. The van der Waals surface area contributed by atoms with Gasteiger partial charge < -0.3 is 0 Å². The van der Waals surface area contributed by atoms with Gasteiger partial charge in [-0.05, 0) is 18.9 Å². The van der Waals surface area contributed by atoms with E-state index in [4.69, 9.17) is 0 Å². The number of hydrogen-bond donors (Lipinski definition) is 1. The molecule has 126 valence electrons. The molecule has 1 aliphatic carbocycles. The average molecular weight is 334 g/mol. The second-order valence-corrected chi connectivity index (χ2v) is 5.98. The lowest BCUT2D eigenvalue weighted by atomic mass is 9.99. The highest BCUT2D eigenvalue weighted by Gasteiger charge is 2.40. The molecule has 0 unspecified atom stereocenters. The molecule has 0 bridgehead atoms. The Hall–Kier alpha value is -3.08. The van der Waals surface area contributed by atoms with E-state index in [-0.39, 0.29) is 23.9 Å². The molecule has 0 saturated heterocycles. The van der Waals surface area contributed by atoms with E-state index in [2.05, 4.69) is 10.5 Å². The summed E-state index contributed by atoms with van der Waals surface area (Å²) in [6.07, 6.45) is 0.890. The molecule has 0 aromatic heterocycles. The Balaban J connectivity index is 1.62. The summed E-state index contributed by atoms with van der Waals surface area (Å²) in [5, 5.41) is 3.98. The van der Waals surface area contributed by atoms with Crippen LogP contribution in [0.4, 0.5) is 0 Å². The molecule has 0 fully saturated rings. The SMILES string of the molecule is C/C(=N\NC(=O)CCc1ccccc1)C1C(=O)c2ccccc2C1=O. The maximum atomic E-state index is 12.4. The van der Waals surface area contributed by atoms with Gasteiger partial charge in [0.05, 0.1) is 5.71 Å². The molecule has 0 radical (unpaired) electrons. The Labute approximate surface area is 145 Å². The van der Waals surface area contributed by atoms with Gasteiger partial charge in [-0.25, -0.2) is 5.43 Å². The number of carbonyl (C=O) groups excluding carboxylic acids is 3. The minimum absolute atomic E-state index is 0.251. The zero-order chi connectivity index (χ0) is 17.8. The number of nitrogens with one attached hydrogen (secondary N) is 1. The number of amides is 1. The molecule has 5 nitrogen and oxygen atoms in total. The van der Waals surface area contributed by atoms with Gasteiger partial charge in [0, 0.05) is 17.5 Å². The maximum Gasteiger partial charge on any atom is 0.240 e. The van der Waals surface area contributed by atoms with Crippen LogP contribution in [0.25, 0.3) is 0 Å². The summed E-state index contributed by atoms with van der Waals surface area (Å²) < 4.78 is 0. The van der Waals surface area contributed by atoms with Gasteiger partial charge in [-0.2, -0.15) is 5.10 Å². The lowest BCUT2D eigenvalue weighted by Gasteiger charge is -2.07. The first kappa shape index (κ1) is 16.8. The molecular formula is C20H18N2O3. The first-order valence-electron chi connectivity index (χ1n) is 8.12. The molecule has 0 atom stereocenters. The molecule has 1 amide bonds. The summed E-state index contributed by atoms with van der Waals surface area (Å²) in [6, 6.07) is 16.4. The van der Waals surface area contributed by atoms with Gasteiger partial charge in [0.25, 0.3) is 0 Å². The number of hydrogen-bond acceptors (Lipinski definition) is 4. The first-order chi connectivity index (χ1) is 12.1. The zero-order valence-corrected chi connectivity index (χ0v) is 13.9. The molecule has 0 spiro atoms. The third kappa shape index (κ3) is 3.55. The van der Waals surface area contributed by atoms with E-state index in [1.54, 1.807) is 31.2 Å². The number of ketones is 2. The van der Waals surface area contributed by atoms with Crippen molar-refractivity contribution in [3.8, 4) is 0 Å². The summed E-state index contributed by atoms with van der Waals surface area (Å²) in [4.78, 5) is 36.7. The van der Waals surface area contributed by atoms with E-state index < -0.39 is 5.92 Å². The van der Waals surface area contributed by atoms with Crippen LogP contribution in [0.15, 0.2) is 59.7 Å². The summed E-state index contributed by atoms with van der Waals surface area (Å²) in [7, 11) is 0. The Morgan fingerprint density at radius 3 is 2.12 bits per heavy atom. The lowest BCUT2D eigenvalue weighted by Crippen LogP contribution is -2.27. The van der Waals surface area contributed by atoms with Crippen molar-refractivity contribution in [3.63, 3.8) is 0 Å². The molecule has 2 aromatic rings. The summed E-state index contributed by atoms with van der Waals surface area (Å²) in [5.74, 6) is -1.72. The standard InChI is InChI=1S/C20H18N2O3/c1-13(18-19(24)15-9-5-6-10-16(15)20(18)25)21-22-17(23)12-11-14-7-3-2-4-8-14/h2-10,18H,11-12H2,1H3,(H,22,23)/b21-13+. The highest BCUT2D eigenvalue weighted by molar-refractivity contribution is 6.36. The van der Waals surface area contributed by atoms with Crippen molar-refractivity contribution in [1.29, 1.82) is 0 Å². The molecule has 0 aliphatic heterocycles. The van der Waals surface area contributed by atoms with Crippen molar-refractivity contribution in [2.24, 2.45) is 11.0 Å². The number of benzene rings is 2. The highest BCUT2D eigenvalue weighted by Crippen LogP contribution is 2.27. The summed E-state index contributed by atoms with van der Waals surface area (Å²) in [5.41, 5.74) is 4.65. The van der Waals surface area contributed by atoms with E-state index in [1.165, 1.54) is 0 Å². The molecule has 0 heterocycles. The number of nitrogens with zero attached hydrogens (tertiary/aromatic N) is 1. The van der Waals surface area contributed by atoms with E-state index in [1.807, 2.05) is 30.3 Å². The average Bonchev–Trinajstić information content (AvgIpc) is 2.90. The van der Waals surface area contributed by atoms with Crippen LogP contribution in [-0.4, -0.2) is 23.2 Å². The van der Waals surface area contributed by atoms with Crippen LogP contribution in [0.1, 0.15) is 39.6 Å². The minimum atomic E-state index is -0.938. The second-order valence-electron chi connectivity index (χ2n) is 5.98. The van der Waals surface area contributed by atoms with Crippen molar-refractivity contribution < 1.29 is 14.4 Å². The number of fused-ring (bicyclic) bond motifs is 1. The lowest BCUT2D eigenvalue weighted by molar-refractivity contribution is -0.121. The van der Waals surface area contributed by atoms with E-state index >= 15 is 0 Å². The minimum Gasteiger partial charge on any atom is -0.293 e. The van der Waals surface area contributed by atoms with E-state index in [9.17, 15) is 14.4 Å². The predicted molar refractivity (Wildman–Crippen MR) is 94.6 cm³/mol. The van der Waals surface area contributed by atoms with Crippen LogP contribution in [-0.2, 0) is 11.2 Å². The largest absolute Gasteiger partial charge is 0.293 e. The van der Waals surface area contributed by atoms with Crippen LogP contribution in [0.5, 0.6) is 0 Å². The predicted octanol–water partition coefficient (Wildman–Crippen LogP) is 2.81. The Kier molecular flexibility index (Phi) is 4.84. The fourth-order valence-electron chi connectivity index (χ4n) is 2.90. The number of rotatable bonds is 5. The van der Waals surface area contributed by atoms with Crippen molar-refractivity contribution in [1.82, 2.24) is 5.43 Å². The Morgan fingerprint density at radius 1 is 0.960 bits per heavy atom. The van der Waals surface area contributed by atoms with Gasteiger partial charge in [-0.15, -0.1) is 0 Å². The molecule has 25 heavy (non-hydrogen) atoms. The van der Waals surface area contributed by atoms with Crippen molar-refractivity contribution in [3.05, 3.63) is 71.3 Å². The van der Waals surface area contributed by atoms with Crippen molar-refractivity contribution in [2.75, 3.05) is 0 Å². The quantitative estimate of drug-likeness (QED) is 0.519. The van der Waals surface area contributed by atoms with E-state index in [0.29, 0.717) is 23.3 Å². The molecule has 5 heteroatoms. The topological polar surface area (TPSA) is 75.6 Å². The first-order valence-corrected chi connectivity index (χ1v) is 8.12. The Bertz CT molecular complexity index is 821. The third-order valence-electron chi connectivity index (χ3n) is 4.24. The van der Waals surface area contributed by atoms with Gasteiger partial charge in [-0.1, -0.05) is 54.6 Å². The van der Waals surface area contributed by atoms with Crippen LogP contribution in [0, 0.1) is 5.92 Å². The van der Waals surface area contributed by atoms with E-state index in [0.717, 1.165) is 5.56 Å². The molecule has 3 rings (SSSR count). The van der Waals surface area contributed by atoms with Gasteiger partial charge in [-0.3, -0.25) is 14.4 Å². The van der Waals surface area contributed by atoms with Crippen LogP contribution in [0.2, 0.25) is 0 Å². The van der Waals surface area contributed by atoms with Crippen molar-refractivity contribution >= 4 is 23.2 Å². The maximum absolute atomic E-state index is 12.4. The Morgan fingerprint density at radius 2 is 1.52 bits per heavy atom. The smallest absolute Gasteiger partial charge is 0.240 e. The summed E-state index contributed by atoms with van der Waals surface area (Å²) >= 11 is 0. The molecular weight excluding hydrogens is 316 g/mol. The molecule has 0 saturated carbocycles. The third-order valence-corrected chi connectivity index (χ3v) is 4.24. The van der Waals surface area contributed by atoms with Crippen molar-refractivity contribution in [2.45, 2.75) is 19.8 Å². The molecule has 2 aromatic carbocycles. The van der Waals surface area contributed by atoms with Gasteiger partial charge in [0.1, 0.15) is 5.92 Å². The second kappa shape index (κ2) is 7.21. The highest BCUT2D eigenvalue weighted by atomic mass is 16.2. The number of hydrazone groups is 1. The zero-order valence-electron chi connectivity index (χ0n) is 13.9. The van der Waals surface area contributed by atoms with Crippen LogP contribution in [0.3, 0.4) is 0 Å².